The lowest BCUT2D eigenvalue weighted by atomic mass is 10.2. The van der Waals surface area contributed by atoms with Crippen molar-refractivity contribution in [2.45, 2.75) is 46.0 Å². The molecule has 0 spiro atoms. The van der Waals surface area contributed by atoms with E-state index in [4.69, 9.17) is 0 Å². The van der Waals surface area contributed by atoms with Crippen molar-refractivity contribution < 1.29 is 0 Å². The van der Waals surface area contributed by atoms with E-state index >= 15 is 0 Å². The molecule has 0 aromatic rings. The first kappa shape index (κ1) is 16.5. The molecule has 0 aliphatic rings. The molecule has 0 saturated heterocycles. The maximum absolute atomic E-state index is 3.00. The molecule has 0 aromatic carbocycles. The van der Waals surface area contributed by atoms with Crippen LogP contribution in [0.25, 0.3) is 0 Å². The van der Waals surface area contributed by atoms with E-state index in [0.29, 0.717) is 0 Å². The summed E-state index contributed by atoms with van der Waals surface area (Å²) >= 11 is 0. The molecule has 64 valence electrons. The van der Waals surface area contributed by atoms with Crippen molar-refractivity contribution in [1.29, 1.82) is 0 Å². The molecule has 10 heavy (non-hydrogen) atoms. The Bertz CT molecular complexity index is 31.7. The van der Waals surface area contributed by atoms with Crippen molar-refractivity contribution in [3.63, 3.8) is 0 Å². The normalized spacial score (nSPS) is 7.00. The Morgan fingerprint density at radius 2 is 1.10 bits per heavy atom. The number of hydrogen-bond donors (Lipinski definition) is 0. The quantitative estimate of drug-likeness (QED) is 0.432. The van der Waals surface area contributed by atoms with Crippen molar-refractivity contribution in [3.05, 3.63) is 13.2 Å². The maximum Gasteiger partial charge on any atom is -0.0533 e. The van der Waals surface area contributed by atoms with Crippen molar-refractivity contribution >= 4 is 12.4 Å². The standard InChI is InChI=1S/C7H16.C2H4.ClH/c1-3-5-7-6-4-2;1-2;/h3-7H2,1-2H3;1-2H2;1H. The minimum Gasteiger partial charge on any atom is -0.147 e. The van der Waals surface area contributed by atoms with Gasteiger partial charge in [0.15, 0.2) is 0 Å². The van der Waals surface area contributed by atoms with Gasteiger partial charge in [0.25, 0.3) is 0 Å². The molecule has 0 N–H and O–H groups in total. The van der Waals surface area contributed by atoms with Crippen LogP contribution in [0.3, 0.4) is 0 Å². The summed E-state index contributed by atoms with van der Waals surface area (Å²) in [6.07, 6.45) is 7.01. The molecule has 0 fully saturated rings. The van der Waals surface area contributed by atoms with E-state index in [0.717, 1.165) is 0 Å². The maximum atomic E-state index is 3.00. The summed E-state index contributed by atoms with van der Waals surface area (Å²) in [5.74, 6) is 0. The molecule has 0 unspecified atom stereocenters. The van der Waals surface area contributed by atoms with Gasteiger partial charge in [0, 0.05) is 0 Å². The zero-order chi connectivity index (χ0) is 7.54. The number of unbranched alkanes of at least 4 members (excludes halogenated alkanes) is 4. The third-order valence-corrected chi connectivity index (χ3v) is 1.21. The third kappa shape index (κ3) is 24.4. The average molecular weight is 165 g/mol. The van der Waals surface area contributed by atoms with E-state index in [2.05, 4.69) is 27.0 Å². The molecule has 0 atom stereocenters. The van der Waals surface area contributed by atoms with Crippen LogP contribution in [-0.4, -0.2) is 0 Å². The van der Waals surface area contributed by atoms with Crippen molar-refractivity contribution in [1.82, 2.24) is 0 Å². The zero-order valence-electron chi connectivity index (χ0n) is 7.36. The number of rotatable bonds is 4. The van der Waals surface area contributed by atoms with Gasteiger partial charge >= 0.3 is 0 Å². The molecule has 0 radical (unpaired) electrons. The third-order valence-electron chi connectivity index (χ3n) is 1.21. The van der Waals surface area contributed by atoms with Gasteiger partial charge in [-0.05, 0) is 0 Å². The van der Waals surface area contributed by atoms with Gasteiger partial charge in [-0.3, -0.25) is 0 Å². The smallest absolute Gasteiger partial charge is 0.0533 e. The van der Waals surface area contributed by atoms with Crippen LogP contribution in [0.1, 0.15) is 46.0 Å². The highest BCUT2D eigenvalue weighted by atomic mass is 35.5. The molecule has 0 aromatic heterocycles. The van der Waals surface area contributed by atoms with Crippen molar-refractivity contribution in [3.8, 4) is 0 Å². The molecular weight excluding hydrogens is 144 g/mol. The monoisotopic (exact) mass is 164 g/mol. The van der Waals surface area contributed by atoms with E-state index in [1.54, 1.807) is 0 Å². The molecule has 1 heteroatoms. The van der Waals surface area contributed by atoms with Gasteiger partial charge in [-0.1, -0.05) is 46.0 Å². The fourth-order valence-electron chi connectivity index (χ4n) is 0.677. The van der Waals surface area contributed by atoms with Crippen LogP contribution in [0, 0.1) is 0 Å². The van der Waals surface area contributed by atoms with E-state index in [1.165, 1.54) is 32.1 Å². The van der Waals surface area contributed by atoms with E-state index in [1.807, 2.05) is 0 Å². The highest BCUT2D eigenvalue weighted by Crippen LogP contribution is 2.00. The van der Waals surface area contributed by atoms with Gasteiger partial charge in [0.2, 0.25) is 0 Å². The van der Waals surface area contributed by atoms with Crippen LogP contribution in [-0.2, 0) is 0 Å². The van der Waals surface area contributed by atoms with Crippen LogP contribution >= 0.6 is 12.4 Å². The van der Waals surface area contributed by atoms with E-state index < -0.39 is 0 Å². The summed E-state index contributed by atoms with van der Waals surface area (Å²) in [6.45, 7) is 10.5. The van der Waals surface area contributed by atoms with Gasteiger partial charge in [-0.2, -0.15) is 0 Å². The largest absolute Gasteiger partial charge is 0.147 e. The second kappa shape index (κ2) is 23.0. The van der Waals surface area contributed by atoms with Crippen LogP contribution in [0.4, 0.5) is 0 Å². The lowest BCUT2D eigenvalue weighted by Gasteiger charge is -1.90. The first-order chi connectivity index (χ1) is 4.41. The number of halogens is 1. The van der Waals surface area contributed by atoms with Gasteiger partial charge < -0.3 is 0 Å². The molecule has 0 amide bonds. The lowest BCUT2D eigenvalue weighted by Crippen LogP contribution is -1.70. The highest BCUT2D eigenvalue weighted by Gasteiger charge is 1.80. The van der Waals surface area contributed by atoms with Crippen molar-refractivity contribution in [2.24, 2.45) is 0 Å². The Kier molecular flexibility index (Phi) is 38.1. The van der Waals surface area contributed by atoms with Gasteiger partial charge in [-0.15, -0.1) is 25.6 Å². The second-order valence-corrected chi connectivity index (χ2v) is 2.06. The molecular formula is C9H21Cl. The molecule has 0 rings (SSSR count). The van der Waals surface area contributed by atoms with Gasteiger partial charge in [0.05, 0.1) is 0 Å². The van der Waals surface area contributed by atoms with Crippen LogP contribution < -0.4 is 0 Å². The summed E-state index contributed by atoms with van der Waals surface area (Å²) in [5.41, 5.74) is 0. The van der Waals surface area contributed by atoms with Crippen LogP contribution in [0.15, 0.2) is 13.2 Å². The lowest BCUT2D eigenvalue weighted by molar-refractivity contribution is 0.656. The summed E-state index contributed by atoms with van der Waals surface area (Å²) in [7, 11) is 0. The zero-order valence-corrected chi connectivity index (χ0v) is 8.17. The molecule has 0 aliphatic carbocycles. The molecule has 0 heterocycles. The Balaban J connectivity index is -0.000000149. The average Bonchev–Trinajstić information content (AvgIpc) is 1.94. The minimum absolute atomic E-state index is 0. The summed E-state index contributed by atoms with van der Waals surface area (Å²) < 4.78 is 0. The topological polar surface area (TPSA) is 0 Å². The molecule has 0 bridgehead atoms. The number of hydrogen-bond acceptors (Lipinski definition) is 0. The fourth-order valence-corrected chi connectivity index (χ4v) is 0.677. The SMILES string of the molecule is C=C.CCCCCCC.Cl. The molecule has 0 aliphatic heterocycles. The summed E-state index contributed by atoms with van der Waals surface area (Å²) in [4.78, 5) is 0. The Hall–Kier alpha value is 0.0300. The Morgan fingerprint density at radius 1 is 0.800 bits per heavy atom. The minimum atomic E-state index is 0. The molecule has 0 saturated carbocycles. The van der Waals surface area contributed by atoms with Crippen LogP contribution in [0.2, 0.25) is 0 Å². The predicted octanol–water partition coefficient (Wildman–Crippen LogP) is 4.20. The van der Waals surface area contributed by atoms with Gasteiger partial charge in [0.1, 0.15) is 0 Å². The Labute approximate surface area is 72.1 Å². The first-order valence-corrected chi connectivity index (χ1v) is 3.91. The van der Waals surface area contributed by atoms with E-state index in [-0.39, 0.29) is 12.4 Å². The van der Waals surface area contributed by atoms with Gasteiger partial charge in [-0.25, -0.2) is 0 Å². The molecule has 0 nitrogen and oxygen atoms in total. The highest BCUT2D eigenvalue weighted by molar-refractivity contribution is 5.85. The predicted molar refractivity (Wildman–Crippen MR) is 52.9 cm³/mol. The summed E-state index contributed by atoms with van der Waals surface area (Å²) in [6, 6.07) is 0. The first-order valence-electron chi connectivity index (χ1n) is 3.91. The van der Waals surface area contributed by atoms with E-state index in [9.17, 15) is 0 Å². The summed E-state index contributed by atoms with van der Waals surface area (Å²) in [5, 5.41) is 0. The fraction of sp³-hybridized carbons (Fsp3) is 0.778. The Morgan fingerprint density at radius 3 is 1.30 bits per heavy atom. The second-order valence-electron chi connectivity index (χ2n) is 2.06. The van der Waals surface area contributed by atoms with Crippen molar-refractivity contribution in [2.75, 3.05) is 0 Å². The van der Waals surface area contributed by atoms with Crippen LogP contribution in [0.5, 0.6) is 0 Å².